The second-order valence-corrected chi connectivity index (χ2v) is 6.49. The van der Waals surface area contributed by atoms with Crippen molar-refractivity contribution in [3.8, 4) is 0 Å². The highest BCUT2D eigenvalue weighted by Gasteiger charge is 2.20. The van der Waals surface area contributed by atoms with Gasteiger partial charge in [-0.2, -0.15) is 0 Å². The van der Waals surface area contributed by atoms with Crippen LogP contribution in [0.15, 0.2) is 48.5 Å². The summed E-state index contributed by atoms with van der Waals surface area (Å²) >= 11 is 0. The van der Waals surface area contributed by atoms with Crippen LogP contribution in [0.3, 0.4) is 0 Å². The summed E-state index contributed by atoms with van der Waals surface area (Å²) in [6.07, 6.45) is 0. The fourth-order valence-electron chi connectivity index (χ4n) is 2.87. The van der Waals surface area contributed by atoms with Crippen LogP contribution < -0.4 is 5.32 Å². The van der Waals surface area contributed by atoms with Gasteiger partial charge in [-0.3, -0.25) is 9.59 Å². The van der Waals surface area contributed by atoms with E-state index >= 15 is 0 Å². The fourth-order valence-corrected chi connectivity index (χ4v) is 2.87. The van der Waals surface area contributed by atoms with Gasteiger partial charge in [-0.1, -0.05) is 18.2 Å². The predicted molar refractivity (Wildman–Crippen MR) is 97.4 cm³/mol. The molecular formula is C20H22FN3O2. The number of nitrogens with zero attached hydrogens (tertiary/aromatic N) is 2. The zero-order valence-corrected chi connectivity index (χ0v) is 14.7. The van der Waals surface area contributed by atoms with E-state index in [0.29, 0.717) is 12.1 Å². The summed E-state index contributed by atoms with van der Waals surface area (Å²) < 4.78 is 13.2. The van der Waals surface area contributed by atoms with Crippen LogP contribution in [-0.2, 0) is 6.54 Å². The van der Waals surface area contributed by atoms with Crippen LogP contribution >= 0.6 is 0 Å². The van der Waals surface area contributed by atoms with Crippen LogP contribution in [0.4, 0.5) is 4.39 Å². The number of carbonyl (C=O) groups excluding carboxylic acids is 2. The lowest BCUT2D eigenvalue weighted by Gasteiger charge is -2.32. The Balaban J connectivity index is 1.56. The van der Waals surface area contributed by atoms with E-state index in [1.54, 1.807) is 18.2 Å². The molecule has 0 unspecified atom stereocenters. The lowest BCUT2D eigenvalue weighted by molar-refractivity contribution is 0.0664. The van der Waals surface area contributed by atoms with Crippen molar-refractivity contribution in [1.82, 2.24) is 15.1 Å². The molecule has 0 aromatic heterocycles. The summed E-state index contributed by atoms with van der Waals surface area (Å²) in [5.74, 6) is -0.736. The van der Waals surface area contributed by atoms with Gasteiger partial charge in [-0.15, -0.1) is 0 Å². The largest absolute Gasteiger partial charge is 0.348 e. The summed E-state index contributed by atoms with van der Waals surface area (Å²) in [6, 6.07) is 12.8. The van der Waals surface area contributed by atoms with E-state index in [0.717, 1.165) is 31.7 Å². The Kier molecular flexibility index (Phi) is 5.63. The first kappa shape index (κ1) is 18.1. The Morgan fingerprint density at radius 2 is 1.69 bits per heavy atom. The molecule has 1 saturated heterocycles. The zero-order chi connectivity index (χ0) is 18.5. The second-order valence-electron chi connectivity index (χ2n) is 6.49. The molecule has 2 aromatic carbocycles. The van der Waals surface area contributed by atoms with Crippen LogP contribution in [0.5, 0.6) is 0 Å². The van der Waals surface area contributed by atoms with Gasteiger partial charge in [0.15, 0.2) is 0 Å². The molecule has 136 valence electrons. The van der Waals surface area contributed by atoms with Gasteiger partial charge in [0.2, 0.25) is 0 Å². The van der Waals surface area contributed by atoms with Gasteiger partial charge in [-0.05, 0) is 42.9 Å². The Morgan fingerprint density at radius 3 is 2.35 bits per heavy atom. The lowest BCUT2D eigenvalue weighted by atomic mass is 10.1. The molecular weight excluding hydrogens is 333 g/mol. The van der Waals surface area contributed by atoms with Gasteiger partial charge in [0.05, 0.1) is 0 Å². The Hall–Kier alpha value is -2.73. The van der Waals surface area contributed by atoms with E-state index in [1.165, 1.54) is 18.2 Å². The van der Waals surface area contributed by atoms with E-state index in [2.05, 4.69) is 17.3 Å². The summed E-state index contributed by atoms with van der Waals surface area (Å²) in [5, 5.41) is 2.75. The Morgan fingerprint density at radius 1 is 1.00 bits per heavy atom. The van der Waals surface area contributed by atoms with E-state index in [1.807, 2.05) is 17.0 Å². The topological polar surface area (TPSA) is 52.6 Å². The third kappa shape index (κ3) is 4.46. The molecule has 2 aromatic rings. The lowest BCUT2D eigenvalue weighted by Crippen LogP contribution is -2.47. The van der Waals surface area contributed by atoms with Gasteiger partial charge < -0.3 is 15.1 Å². The number of likely N-dealkylation sites (N-methyl/N-ethyl adjacent to an activating group) is 1. The van der Waals surface area contributed by atoms with Crippen molar-refractivity contribution in [2.45, 2.75) is 6.54 Å². The quantitative estimate of drug-likeness (QED) is 0.914. The molecule has 0 aliphatic carbocycles. The maximum Gasteiger partial charge on any atom is 0.253 e. The first-order valence-electron chi connectivity index (χ1n) is 8.63. The minimum atomic E-state index is -0.440. The number of halogens is 1. The average molecular weight is 355 g/mol. The summed E-state index contributed by atoms with van der Waals surface area (Å²) in [4.78, 5) is 28.6. The van der Waals surface area contributed by atoms with Crippen LogP contribution in [-0.4, -0.2) is 54.8 Å². The molecule has 5 nitrogen and oxygen atoms in total. The highest BCUT2D eigenvalue weighted by Crippen LogP contribution is 2.10. The van der Waals surface area contributed by atoms with E-state index in [-0.39, 0.29) is 17.4 Å². The molecule has 0 spiro atoms. The molecule has 1 heterocycles. The molecule has 1 aliphatic rings. The molecule has 0 bridgehead atoms. The van der Waals surface area contributed by atoms with Crippen LogP contribution in [0.2, 0.25) is 0 Å². The highest BCUT2D eigenvalue weighted by atomic mass is 19.1. The number of piperazine rings is 1. The molecule has 1 fully saturated rings. The van der Waals surface area contributed by atoms with E-state index < -0.39 is 5.82 Å². The first-order chi connectivity index (χ1) is 12.5. The first-order valence-corrected chi connectivity index (χ1v) is 8.63. The molecule has 1 aliphatic heterocycles. The molecule has 2 amide bonds. The minimum Gasteiger partial charge on any atom is -0.348 e. The van der Waals surface area contributed by atoms with Crippen molar-refractivity contribution in [3.63, 3.8) is 0 Å². The van der Waals surface area contributed by atoms with Gasteiger partial charge >= 0.3 is 0 Å². The molecule has 0 radical (unpaired) electrons. The minimum absolute atomic E-state index is 0.0356. The molecule has 26 heavy (non-hydrogen) atoms. The summed E-state index contributed by atoms with van der Waals surface area (Å²) in [5.41, 5.74) is 1.81. The number of amides is 2. The standard InChI is InChI=1S/C20H22FN3O2/c1-23-9-11-24(12-10-23)20(26)16-7-5-15(6-8-16)14-22-19(25)17-3-2-4-18(21)13-17/h2-8,13H,9-12,14H2,1H3,(H,22,25). The molecule has 0 atom stereocenters. The smallest absolute Gasteiger partial charge is 0.253 e. The van der Waals surface area contributed by atoms with Gasteiger partial charge in [-0.25, -0.2) is 4.39 Å². The van der Waals surface area contributed by atoms with Crippen molar-refractivity contribution in [1.29, 1.82) is 0 Å². The number of hydrogen-bond acceptors (Lipinski definition) is 3. The molecule has 6 heteroatoms. The number of hydrogen-bond donors (Lipinski definition) is 1. The Labute approximate surface area is 152 Å². The SMILES string of the molecule is CN1CCN(C(=O)c2ccc(CNC(=O)c3cccc(F)c3)cc2)CC1. The summed E-state index contributed by atoms with van der Waals surface area (Å²) in [6.45, 7) is 3.56. The second kappa shape index (κ2) is 8.10. The van der Waals surface area contributed by atoms with Crippen molar-refractivity contribution in [2.75, 3.05) is 33.2 Å². The van der Waals surface area contributed by atoms with E-state index in [9.17, 15) is 14.0 Å². The third-order valence-corrected chi connectivity index (χ3v) is 4.53. The van der Waals surface area contributed by atoms with Gasteiger partial charge in [0.1, 0.15) is 5.82 Å². The molecule has 1 N–H and O–H groups in total. The molecule has 3 rings (SSSR count). The maximum atomic E-state index is 13.2. The van der Waals surface area contributed by atoms with Crippen LogP contribution in [0.1, 0.15) is 26.3 Å². The van der Waals surface area contributed by atoms with Crippen molar-refractivity contribution < 1.29 is 14.0 Å². The number of benzene rings is 2. The maximum absolute atomic E-state index is 13.2. The van der Waals surface area contributed by atoms with Crippen LogP contribution in [0, 0.1) is 5.82 Å². The normalized spacial score (nSPS) is 14.9. The van der Waals surface area contributed by atoms with Crippen molar-refractivity contribution >= 4 is 11.8 Å². The van der Waals surface area contributed by atoms with E-state index in [4.69, 9.17) is 0 Å². The number of rotatable bonds is 4. The Bertz CT molecular complexity index is 784. The fraction of sp³-hybridized carbons (Fsp3) is 0.300. The summed E-state index contributed by atoms with van der Waals surface area (Å²) in [7, 11) is 2.05. The van der Waals surface area contributed by atoms with Crippen molar-refractivity contribution in [2.24, 2.45) is 0 Å². The number of nitrogens with one attached hydrogen (secondary N) is 1. The van der Waals surface area contributed by atoms with Crippen molar-refractivity contribution in [3.05, 3.63) is 71.0 Å². The van der Waals surface area contributed by atoms with Gasteiger partial charge in [0, 0.05) is 43.9 Å². The molecule has 0 saturated carbocycles. The highest BCUT2D eigenvalue weighted by molar-refractivity contribution is 5.95. The predicted octanol–water partition coefficient (Wildman–Crippen LogP) is 2.14. The van der Waals surface area contributed by atoms with Crippen LogP contribution in [0.25, 0.3) is 0 Å². The zero-order valence-electron chi connectivity index (χ0n) is 14.7. The van der Waals surface area contributed by atoms with Gasteiger partial charge in [0.25, 0.3) is 11.8 Å². The number of carbonyl (C=O) groups is 2. The average Bonchev–Trinajstić information content (AvgIpc) is 2.66. The third-order valence-electron chi connectivity index (χ3n) is 4.53. The monoisotopic (exact) mass is 355 g/mol.